The van der Waals surface area contributed by atoms with Crippen LogP contribution in [0.1, 0.15) is 11.3 Å². The second-order valence-electron chi connectivity index (χ2n) is 4.76. The fourth-order valence-electron chi connectivity index (χ4n) is 2.25. The number of hydrogen-bond acceptors (Lipinski definition) is 2. The molecule has 2 heterocycles. The summed E-state index contributed by atoms with van der Waals surface area (Å²) in [4.78, 5) is 16.0. The van der Waals surface area contributed by atoms with Crippen LogP contribution in [0.3, 0.4) is 0 Å². The Bertz CT molecular complexity index is 947. The Balaban J connectivity index is 2.20. The van der Waals surface area contributed by atoms with E-state index in [4.69, 9.17) is 23.2 Å². The molecule has 0 N–H and O–H groups in total. The molecule has 2 aromatic heterocycles. The molecule has 0 aliphatic heterocycles. The molecule has 3 rings (SSSR count). The summed E-state index contributed by atoms with van der Waals surface area (Å²) in [6, 6.07) is 5.39. The molecule has 0 spiro atoms. The highest BCUT2D eigenvalue weighted by Gasteiger charge is 2.34. The molecule has 4 nitrogen and oxygen atoms in total. The first kappa shape index (κ1) is 15.9. The van der Waals surface area contributed by atoms with Crippen LogP contribution in [0.15, 0.2) is 41.5 Å². The molecule has 0 bridgehead atoms. The van der Waals surface area contributed by atoms with Crippen molar-refractivity contribution in [3.05, 3.63) is 68.3 Å². The highest BCUT2D eigenvalue weighted by molar-refractivity contribution is 6.42. The fraction of sp³-hybridized carbons (Fsp3) is 0.143. The summed E-state index contributed by atoms with van der Waals surface area (Å²) >= 11 is 12.0. The Morgan fingerprint density at radius 3 is 2.65 bits per heavy atom. The Morgan fingerprint density at radius 2 is 1.96 bits per heavy atom. The van der Waals surface area contributed by atoms with Crippen molar-refractivity contribution >= 4 is 29.0 Å². The van der Waals surface area contributed by atoms with E-state index in [2.05, 4.69) is 4.98 Å². The minimum Gasteiger partial charge on any atom is -0.281 e. The predicted molar refractivity (Wildman–Crippen MR) is 80.0 cm³/mol. The van der Waals surface area contributed by atoms with Gasteiger partial charge < -0.3 is 0 Å². The molecule has 9 heteroatoms. The van der Waals surface area contributed by atoms with Gasteiger partial charge in [-0.25, -0.2) is 4.98 Å². The van der Waals surface area contributed by atoms with Crippen molar-refractivity contribution in [2.24, 2.45) is 0 Å². The van der Waals surface area contributed by atoms with Crippen LogP contribution in [0.4, 0.5) is 13.2 Å². The molecular weight excluding hydrogens is 354 g/mol. The van der Waals surface area contributed by atoms with Crippen LogP contribution >= 0.6 is 23.2 Å². The number of imidazole rings is 1. The molecule has 3 aromatic rings. The highest BCUT2D eigenvalue weighted by atomic mass is 35.5. The zero-order chi connectivity index (χ0) is 16.8. The summed E-state index contributed by atoms with van der Waals surface area (Å²) in [6.07, 6.45) is -2.32. The maximum Gasteiger partial charge on any atom is 0.432 e. The zero-order valence-electron chi connectivity index (χ0n) is 11.3. The molecule has 0 fully saturated rings. The summed E-state index contributed by atoms with van der Waals surface area (Å²) in [5.74, 6) is -0.124. The molecule has 0 saturated heterocycles. The van der Waals surface area contributed by atoms with E-state index in [0.717, 1.165) is 15.2 Å². The van der Waals surface area contributed by atoms with Gasteiger partial charge in [0.1, 0.15) is 5.69 Å². The number of alkyl halides is 3. The number of nitrogens with zero attached hydrogens (tertiary/aromatic N) is 3. The summed E-state index contributed by atoms with van der Waals surface area (Å²) in [5.41, 5.74) is -1.40. The molecule has 0 saturated carbocycles. The minimum atomic E-state index is -4.66. The van der Waals surface area contributed by atoms with E-state index in [0.29, 0.717) is 16.7 Å². The lowest BCUT2D eigenvalue weighted by molar-refractivity contribution is -0.142. The minimum absolute atomic E-state index is 0.0448. The molecule has 0 unspecified atom stereocenters. The normalized spacial score (nSPS) is 12.0. The molecule has 0 aliphatic rings. The van der Waals surface area contributed by atoms with Crippen molar-refractivity contribution in [2.45, 2.75) is 12.7 Å². The zero-order valence-corrected chi connectivity index (χ0v) is 12.8. The smallest absolute Gasteiger partial charge is 0.281 e. The van der Waals surface area contributed by atoms with E-state index in [1.165, 1.54) is 6.20 Å². The number of hydrogen-bond donors (Lipinski definition) is 0. The van der Waals surface area contributed by atoms with Crippen molar-refractivity contribution in [3.8, 4) is 0 Å². The van der Waals surface area contributed by atoms with Gasteiger partial charge in [-0.1, -0.05) is 35.3 Å². The first-order chi connectivity index (χ1) is 10.8. The third-order valence-corrected chi connectivity index (χ3v) is 4.16. The third kappa shape index (κ3) is 2.82. The topological polar surface area (TPSA) is 39.3 Å². The van der Waals surface area contributed by atoms with Crippen LogP contribution in [-0.4, -0.2) is 14.0 Å². The number of rotatable bonds is 2. The van der Waals surface area contributed by atoms with Crippen LogP contribution in [0.2, 0.25) is 10.0 Å². The largest absolute Gasteiger partial charge is 0.432 e. The SMILES string of the molecule is O=c1cc(C(F)(F)F)n2ccnc2n1Cc1cccc(Cl)c1Cl. The van der Waals surface area contributed by atoms with Crippen LogP contribution in [0.25, 0.3) is 5.78 Å². The molecule has 0 aliphatic carbocycles. The average Bonchev–Trinajstić information content (AvgIpc) is 2.94. The van der Waals surface area contributed by atoms with Gasteiger partial charge in [0.15, 0.2) is 0 Å². The van der Waals surface area contributed by atoms with Gasteiger partial charge in [-0.2, -0.15) is 13.2 Å². The van der Waals surface area contributed by atoms with Gasteiger partial charge in [0.25, 0.3) is 5.56 Å². The lowest BCUT2D eigenvalue weighted by Gasteiger charge is -2.14. The van der Waals surface area contributed by atoms with Crippen LogP contribution in [-0.2, 0) is 12.7 Å². The van der Waals surface area contributed by atoms with Crippen molar-refractivity contribution in [2.75, 3.05) is 0 Å². The molecule has 0 radical (unpaired) electrons. The maximum atomic E-state index is 13.0. The number of fused-ring (bicyclic) bond motifs is 1. The second kappa shape index (κ2) is 5.58. The third-order valence-electron chi connectivity index (χ3n) is 3.30. The van der Waals surface area contributed by atoms with Crippen molar-refractivity contribution in [3.63, 3.8) is 0 Å². The molecule has 0 atom stereocenters. The lowest BCUT2D eigenvalue weighted by Crippen LogP contribution is -2.27. The van der Waals surface area contributed by atoms with Gasteiger partial charge >= 0.3 is 6.18 Å². The Kier molecular flexibility index (Phi) is 3.85. The second-order valence-corrected chi connectivity index (χ2v) is 5.55. The predicted octanol–water partition coefficient (Wildman–Crippen LogP) is 3.87. The van der Waals surface area contributed by atoms with Crippen LogP contribution < -0.4 is 5.56 Å². The standard InChI is InChI=1S/C14H8Cl2F3N3O/c15-9-3-1-2-8(12(9)16)7-22-11(23)6-10(14(17,18)19)21-5-4-20-13(21)22/h1-6H,7H2. The Labute approximate surface area is 137 Å². The quantitative estimate of drug-likeness (QED) is 0.694. The van der Waals surface area contributed by atoms with Gasteiger partial charge in [0.2, 0.25) is 5.78 Å². The van der Waals surface area contributed by atoms with Crippen molar-refractivity contribution < 1.29 is 13.2 Å². The van der Waals surface area contributed by atoms with E-state index in [9.17, 15) is 18.0 Å². The van der Waals surface area contributed by atoms with E-state index < -0.39 is 17.4 Å². The molecule has 0 amide bonds. The summed E-state index contributed by atoms with van der Waals surface area (Å²) in [6.45, 7) is -0.0448. The lowest BCUT2D eigenvalue weighted by atomic mass is 10.2. The highest BCUT2D eigenvalue weighted by Crippen LogP contribution is 2.29. The number of halogens is 5. The van der Waals surface area contributed by atoms with Gasteiger partial charge in [0.05, 0.1) is 16.6 Å². The monoisotopic (exact) mass is 361 g/mol. The number of benzene rings is 1. The van der Waals surface area contributed by atoms with Gasteiger partial charge in [-0.3, -0.25) is 13.8 Å². The number of aromatic nitrogens is 3. The van der Waals surface area contributed by atoms with E-state index >= 15 is 0 Å². The van der Waals surface area contributed by atoms with E-state index in [1.807, 2.05) is 0 Å². The van der Waals surface area contributed by atoms with Crippen LogP contribution in [0.5, 0.6) is 0 Å². The first-order valence-electron chi connectivity index (χ1n) is 6.36. The summed E-state index contributed by atoms with van der Waals surface area (Å²) in [7, 11) is 0. The summed E-state index contributed by atoms with van der Waals surface area (Å²) in [5, 5.41) is 0.536. The van der Waals surface area contributed by atoms with Crippen molar-refractivity contribution in [1.29, 1.82) is 0 Å². The average molecular weight is 362 g/mol. The fourth-order valence-corrected chi connectivity index (χ4v) is 2.63. The van der Waals surface area contributed by atoms with Gasteiger partial charge in [0, 0.05) is 18.5 Å². The van der Waals surface area contributed by atoms with Crippen LogP contribution in [0, 0.1) is 0 Å². The summed E-state index contributed by atoms with van der Waals surface area (Å²) < 4.78 is 41.0. The Hall–Kier alpha value is -1.99. The Morgan fingerprint density at radius 1 is 1.22 bits per heavy atom. The molecule has 1 aromatic carbocycles. The van der Waals surface area contributed by atoms with E-state index in [1.54, 1.807) is 18.2 Å². The van der Waals surface area contributed by atoms with Crippen molar-refractivity contribution in [1.82, 2.24) is 14.0 Å². The molecule has 120 valence electrons. The molecular formula is C14H8Cl2F3N3O. The van der Waals surface area contributed by atoms with Gasteiger partial charge in [-0.15, -0.1) is 0 Å². The maximum absolute atomic E-state index is 13.0. The van der Waals surface area contributed by atoms with Gasteiger partial charge in [-0.05, 0) is 11.6 Å². The van der Waals surface area contributed by atoms with E-state index in [-0.39, 0.29) is 17.3 Å². The molecule has 23 heavy (non-hydrogen) atoms. The first-order valence-corrected chi connectivity index (χ1v) is 7.11.